The Morgan fingerprint density at radius 1 is 1.35 bits per heavy atom. The van der Waals surface area contributed by atoms with Gasteiger partial charge in [-0.2, -0.15) is 0 Å². The fraction of sp³-hybridized carbons (Fsp3) is 0.300. The first-order valence-corrected chi connectivity index (χ1v) is 8.88. The number of benzene rings is 1. The predicted octanol–water partition coefficient (Wildman–Crippen LogP) is 4.29. The highest BCUT2D eigenvalue weighted by Gasteiger charge is 2.14. The van der Waals surface area contributed by atoms with Crippen molar-refractivity contribution in [2.45, 2.75) is 13.8 Å². The number of rotatable bonds is 5. The monoisotopic (exact) mass is 371 g/mol. The molecule has 3 aromatic rings. The van der Waals surface area contributed by atoms with Gasteiger partial charge >= 0.3 is 0 Å². The Kier molecular flexibility index (Phi) is 5.18. The lowest BCUT2D eigenvalue weighted by Crippen LogP contribution is -2.17. The van der Waals surface area contributed by atoms with E-state index in [2.05, 4.69) is 24.1 Å². The molecule has 1 aromatic carbocycles. The maximum absolute atomic E-state index is 11.9. The van der Waals surface area contributed by atoms with Crippen molar-refractivity contribution in [2.24, 2.45) is 13.0 Å². The Morgan fingerprint density at radius 3 is 2.77 bits per heavy atom. The molecule has 0 aliphatic carbocycles. The number of halogens is 1. The van der Waals surface area contributed by atoms with Gasteiger partial charge in [-0.3, -0.25) is 4.79 Å². The molecule has 0 fully saturated rings. The third-order valence-electron chi connectivity index (χ3n) is 4.15. The number of aryl methyl sites for hydroxylation is 1. The van der Waals surface area contributed by atoms with Crippen molar-refractivity contribution >= 4 is 28.4 Å². The van der Waals surface area contributed by atoms with Crippen molar-refractivity contribution in [1.29, 1.82) is 0 Å². The maximum Gasteiger partial charge on any atom is 0.251 e. The van der Waals surface area contributed by atoms with E-state index in [-0.39, 0.29) is 5.91 Å². The SMILES string of the molecule is CNC(=O)c1ccc2c(-c3cnc(OCC(C)C)c(Cl)c3)cn(C)c2c1. The van der Waals surface area contributed by atoms with Gasteiger partial charge in [0.15, 0.2) is 0 Å². The van der Waals surface area contributed by atoms with Crippen LogP contribution in [0.3, 0.4) is 0 Å². The molecular weight excluding hydrogens is 350 g/mol. The number of nitrogens with zero attached hydrogens (tertiary/aromatic N) is 2. The largest absolute Gasteiger partial charge is 0.476 e. The van der Waals surface area contributed by atoms with E-state index in [4.69, 9.17) is 16.3 Å². The fourth-order valence-corrected chi connectivity index (χ4v) is 3.04. The molecule has 136 valence electrons. The number of fused-ring (bicyclic) bond motifs is 1. The second kappa shape index (κ2) is 7.38. The van der Waals surface area contributed by atoms with Crippen molar-refractivity contribution in [3.63, 3.8) is 0 Å². The van der Waals surface area contributed by atoms with Crippen molar-refractivity contribution in [2.75, 3.05) is 13.7 Å². The molecule has 0 spiro atoms. The zero-order valence-corrected chi connectivity index (χ0v) is 16.1. The molecule has 0 aliphatic rings. The van der Waals surface area contributed by atoms with E-state index >= 15 is 0 Å². The van der Waals surface area contributed by atoms with Gasteiger partial charge in [-0.05, 0) is 24.1 Å². The molecule has 1 N–H and O–H groups in total. The number of pyridine rings is 1. The molecule has 0 aliphatic heterocycles. The zero-order chi connectivity index (χ0) is 18.8. The first-order valence-electron chi connectivity index (χ1n) is 8.50. The Morgan fingerprint density at radius 2 is 2.12 bits per heavy atom. The van der Waals surface area contributed by atoms with Crippen molar-refractivity contribution in [1.82, 2.24) is 14.9 Å². The van der Waals surface area contributed by atoms with E-state index in [0.717, 1.165) is 22.0 Å². The lowest BCUT2D eigenvalue weighted by atomic mass is 10.0. The molecule has 0 bridgehead atoms. The molecule has 1 amide bonds. The summed E-state index contributed by atoms with van der Waals surface area (Å²) >= 11 is 6.36. The summed E-state index contributed by atoms with van der Waals surface area (Å²) in [4.78, 5) is 16.2. The summed E-state index contributed by atoms with van der Waals surface area (Å²) in [6.07, 6.45) is 3.78. The summed E-state index contributed by atoms with van der Waals surface area (Å²) in [5.41, 5.74) is 3.51. The van der Waals surface area contributed by atoms with Gasteiger partial charge in [0.1, 0.15) is 5.02 Å². The summed E-state index contributed by atoms with van der Waals surface area (Å²) < 4.78 is 7.64. The van der Waals surface area contributed by atoms with Crippen LogP contribution in [0, 0.1) is 5.92 Å². The number of hydrogen-bond acceptors (Lipinski definition) is 3. The lowest BCUT2D eigenvalue weighted by Gasteiger charge is -2.10. The number of hydrogen-bond donors (Lipinski definition) is 1. The topological polar surface area (TPSA) is 56.1 Å². The number of carbonyl (C=O) groups excluding carboxylic acids is 1. The minimum absolute atomic E-state index is 0.106. The van der Waals surface area contributed by atoms with Crippen LogP contribution in [0.1, 0.15) is 24.2 Å². The van der Waals surface area contributed by atoms with Gasteiger partial charge in [0, 0.05) is 54.1 Å². The number of aromatic nitrogens is 2. The second-order valence-corrected chi connectivity index (χ2v) is 7.09. The first-order chi connectivity index (χ1) is 12.4. The Bertz CT molecular complexity index is 963. The normalized spacial score (nSPS) is 11.2. The number of nitrogens with one attached hydrogen (secondary N) is 1. The van der Waals surface area contributed by atoms with Gasteiger partial charge < -0.3 is 14.6 Å². The van der Waals surface area contributed by atoms with Crippen LogP contribution >= 0.6 is 11.6 Å². The number of carbonyl (C=O) groups is 1. The minimum atomic E-state index is -0.106. The molecule has 0 radical (unpaired) electrons. The summed E-state index contributed by atoms with van der Waals surface area (Å²) in [5.74, 6) is 0.748. The van der Waals surface area contributed by atoms with E-state index in [9.17, 15) is 4.79 Å². The Labute approximate surface area is 157 Å². The van der Waals surface area contributed by atoms with Gasteiger partial charge in [-0.1, -0.05) is 31.5 Å². The third kappa shape index (κ3) is 3.53. The number of amides is 1. The van der Waals surface area contributed by atoms with Crippen LogP contribution < -0.4 is 10.1 Å². The smallest absolute Gasteiger partial charge is 0.251 e. The molecule has 6 heteroatoms. The van der Waals surface area contributed by atoms with Gasteiger partial charge in [0.2, 0.25) is 5.88 Å². The molecule has 0 saturated carbocycles. The van der Waals surface area contributed by atoms with Crippen LogP contribution in [-0.2, 0) is 7.05 Å². The van der Waals surface area contributed by atoms with Crippen LogP contribution in [0.4, 0.5) is 0 Å². The van der Waals surface area contributed by atoms with E-state index in [1.165, 1.54) is 0 Å². The third-order valence-corrected chi connectivity index (χ3v) is 4.42. The Balaban J connectivity index is 2.00. The van der Waals surface area contributed by atoms with Gasteiger partial charge in [-0.25, -0.2) is 4.98 Å². The van der Waals surface area contributed by atoms with Gasteiger partial charge in [0.05, 0.1) is 6.61 Å². The second-order valence-electron chi connectivity index (χ2n) is 6.68. The van der Waals surface area contributed by atoms with Crippen molar-refractivity contribution in [3.8, 4) is 17.0 Å². The highest BCUT2D eigenvalue weighted by molar-refractivity contribution is 6.32. The van der Waals surface area contributed by atoms with Gasteiger partial charge in [-0.15, -0.1) is 0 Å². The highest BCUT2D eigenvalue weighted by Crippen LogP contribution is 2.34. The van der Waals surface area contributed by atoms with E-state index in [0.29, 0.717) is 29.0 Å². The van der Waals surface area contributed by atoms with Crippen LogP contribution in [0.2, 0.25) is 5.02 Å². The highest BCUT2D eigenvalue weighted by atomic mass is 35.5. The van der Waals surface area contributed by atoms with E-state index in [1.54, 1.807) is 13.2 Å². The average molecular weight is 372 g/mol. The van der Waals surface area contributed by atoms with E-state index < -0.39 is 0 Å². The summed E-state index contributed by atoms with van der Waals surface area (Å²) in [6, 6.07) is 7.52. The minimum Gasteiger partial charge on any atom is -0.476 e. The van der Waals surface area contributed by atoms with Crippen LogP contribution in [-0.4, -0.2) is 29.1 Å². The number of ether oxygens (including phenoxy) is 1. The summed E-state index contributed by atoms with van der Waals surface area (Å²) in [6.45, 7) is 4.72. The molecule has 0 saturated heterocycles. The lowest BCUT2D eigenvalue weighted by molar-refractivity contribution is 0.0963. The molecule has 2 aromatic heterocycles. The summed E-state index contributed by atoms with van der Waals surface area (Å²) in [7, 11) is 3.58. The predicted molar refractivity (Wildman–Crippen MR) is 105 cm³/mol. The van der Waals surface area contributed by atoms with Crippen LogP contribution in [0.15, 0.2) is 36.7 Å². The van der Waals surface area contributed by atoms with Gasteiger partial charge in [0.25, 0.3) is 5.91 Å². The molecule has 5 nitrogen and oxygen atoms in total. The molecule has 2 heterocycles. The zero-order valence-electron chi connectivity index (χ0n) is 15.3. The molecule has 0 atom stereocenters. The van der Waals surface area contributed by atoms with Crippen LogP contribution in [0.25, 0.3) is 22.0 Å². The van der Waals surface area contributed by atoms with Crippen LogP contribution in [0.5, 0.6) is 5.88 Å². The first kappa shape index (κ1) is 18.3. The molecule has 26 heavy (non-hydrogen) atoms. The standard InChI is InChI=1S/C20H22ClN3O2/c1-12(2)11-26-20-17(21)7-14(9-23-20)16-10-24(4)18-8-13(19(25)22-3)5-6-15(16)18/h5-10,12H,11H2,1-4H3,(H,22,25). The Hall–Kier alpha value is -2.53. The van der Waals surface area contributed by atoms with Crippen molar-refractivity contribution in [3.05, 3.63) is 47.2 Å². The van der Waals surface area contributed by atoms with Crippen molar-refractivity contribution < 1.29 is 9.53 Å². The molecule has 0 unspecified atom stereocenters. The summed E-state index contributed by atoms with van der Waals surface area (Å²) in [5, 5.41) is 4.17. The fourth-order valence-electron chi connectivity index (χ4n) is 2.82. The average Bonchev–Trinajstić information content (AvgIpc) is 2.96. The van der Waals surface area contributed by atoms with E-state index in [1.807, 2.05) is 42.1 Å². The maximum atomic E-state index is 11.9. The quantitative estimate of drug-likeness (QED) is 0.728. The molecule has 3 rings (SSSR count). The molecular formula is C20H22ClN3O2.